The summed E-state index contributed by atoms with van der Waals surface area (Å²) in [5.41, 5.74) is 6.23. The van der Waals surface area contributed by atoms with Crippen LogP contribution in [0.15, 0.2) is 0 Å². The van der Waals surface area contributed by atoms with Crippen LogP contribution in [0.5, 0.6) is 0 Å². The minimum Gasteiger partial charge on any atom is -0.393 e. The van der Waals surface area contributed by atoms with Gasteiger partial charge in [-0.1, -0.05) is 20.8 Å². The number of hydrogen-bond acceptors (Lipinski definition) is 6. The number of carbonyl (C=O) groups excluding carboxylic acids is 1. The quantitative estimate of drug-likeness (QED) is 0.133. The van der Waals surface area contributed by atoms with Gasteiger partial charge in [0.1, 0.15) is 0 Å². The van der Waals surface area contributed by atoms with Gasteiger partial charge in [-0.25, -0.2) is 0 Å². The molecule has 5 unspecified atom stereocenters. The minimum absolute atomic E-state index is 0.147. The van der Waals surface area contributed by atoms with E-state index in [1.165, 1.54) is 57.8 Å². The molecule has 7 N–H and O–H groups in total. The van der Waals surface area contributed by atoms with Gasteiger partial charge in [-0.05, 0) is 177 Å². The molecular formula is C36H69N5O2. The normalized spacial score (nSPS) is 37.9. The Hall–Kier alpha value is -0.730. The van der Waals surface area contributed by atoms with Gasteiger partial charge in [0.2, 0.25) is 5.91 Å². The number of hydrogen-bond donors (Lipinski definition) is 6. The van der Waals surface area contributed by atoms with Crippen LogP contribution in [-0.2, 0) is 4.79 Å². The molecule has 4 aliphatic rings. The fourth-order valence-corrected chi connectivity index (χ4v) is 10.7. The van der Waals surface area contributed by atoms with Crippen molar-refractivity contribution in [3.8, 4) is 0 Å². The first-order valence-corrected chi connectivity index (χ1v) is 18.4. The van der Waals surface area contributed by atoms with E-state index in [4.69, 9.17) is 5.73 Å². The van der Waals surface area contributed by atoms with Crippen LogP contribution >= 0.6 is 0 Å². The Morgan fingerprint density at radius 2 is 1.51 bits per heavy atom. The zero-order chi connectivity index (χ0) is 31.0. The van der Waals surface area contributed by atoms with Crippen LogP contribution in [-0.4, -0.2) is 68.5 Å². The maximum atomic E-state index is 12.4. The maximum absolute atomic E-state index is 12.4. The standard InChI is InChI=1S/C36H69N5O2/c1-25(2)41-33(43)12-9-26(3)29-10-11-30-34-31(14-16-36(29,30)5)35(4)15-13-28(23-27(35)24-32(34)42)40-22-8-21-39-20-7-19-38-18-6-17-37/h25-32,34,38-40,42H,6-24,37H2,1-5H3,(H,41,43)/t26-,27?,28+,29?,30?,31?,32-,34?,35+,36-/m1/s1. The Balaban J connectivity index is 1.22. The Morgan fingerprint density at radius 3 is 2.21 bits per heavy atom. The number of amides is 1. The fraction of sp³-hybridized carbons (Fsp3) is 0.972. The van der Waals surface area contributed by atoms with Gasteiger partial charge in [-0.2, -0.15) is 0 Å². The predicted octanol–water partition coefficient (Wildman–Crippen LogP) is 4.82. The van der Waals surface area contributed by atoms with Gasteiger partial charge in [0.05, 0.1) is 6.10 Å². The van der Waals surface area contributed by atoms with Crippen LogP contribution in [0.1, 0.15) is 118 Å². The molecule has 4 saturated carbocycles. The van der Waals surface area contributed by atoms with Crippen molar-refractivity contribution >= 4 is 5.91 Å². The summed E-state index contributed by atoms with van der Waals surface area (Å²) < 4.78 is 0. The van der Waals surface area contributed by atoms with Crippen molar-refractivity contribution < 1.29 is 9.90 Å². The zero-order valence-corrected chi connectivity index (χ0v) is 28.6. The number of nitrogens with one attached hydrogen (secondary N) is 4. The summed E-state index contributed by atoms with van der Waals surface area (Å²) >= 11 is 0. The molecule has 0 aromatic heterocycles. The molecule has 0 bridgehead atoms. The van der Waals surface area contributed by atoms with E-state index < -0.39 is 0 Å². The first-order valence-electron chi connectivity index (χ1n) is 18.4. The topological polar surface area (TPSA) is 111 Å². The van der Waals surface area contributed by atoms with E-state index in [0.717, 1.165) is 58.5 Å². The van der Waals surface area contributed by atoms with Gasteiger partial charge in [-0.3, -0.25) is 4.79 Å². The lowest BCUT2D eigenvalue weighted by Gasteiger charge is -2.62. The maximum Gasteiger partial charge on any atom is 0.220 e. The minimum atomic E-state index is -0.147. The molecule has 0 heterocycles. The third-order valence-electron chi connectivity index (χ3n) is 12.9. The summed E-state index contributed by atoms with van der Waals surface area (Å²) in [5.74, 6) is 3.85. The second kappa shape index (κ2) is 16.2. The molecule has 0 spiro atoms. The number of carbonyl (C=O) groups is 1. The second-order valence-corrected chi connectivity index (χ2v) is 16.0. The van der Waals surface area contributed by atoms with Crippen LogP contribution < -0.4 is 27.0 Å². The van der Waals surface area contributed by atoms with Gasteiger partial charge in [-0.15, -0.1) is 0 Å². The van der Waals surface area contributed by atoms with Crippen molar-refractivity contribution in [2.24, 2.45) is 52.1 Å². The largest absolute Gasteiger partial charge is 0.393 e. The third-order valence-corrected chi connectivity index (χ3v) is 12.9. The highest BCUT2D eigenvalue weighted by Crippen LogP contribution is 2.68. The van der Waals surface area contributed by atoms with Crippen molar-refractivity contribution in [1.82, 2.24) is 21.3 Å². The van der Waals surface area contributed by atoms with E-state index >= 15 is 0 Å². The zero-order valence-electron chi connectivity index (χ0n) is 28.6. The van der Waals surface area contributed by atoms with Crippen molar-refractivity contribution in [2.45, 2.75) is 136 Å². The summed E-state index contributed by atoms with van der Waals surface area (Å²) in [5, 5.41) is 25.8. The molecule has 1 amide bonds. The molecule has 43 heavy (non-hydrogen) atoms. The second-order valence-electron chi connectivity index (χ2n) is 16.0. The van der Waals surface area contributed by atoms with Crippen molar-refractivity contribution in [3.05, 3.63) is 0 Å². The molecule has 4 aliphatic carbocycles. The monoisotopic (exact) mass is 604 g/mol. The van der Waals surface area contributed by atoms with Gasteiger partial charge >= 0.3 is 0 Å². The number of fused-ring (bicyclic) bond motifs is 5. The Labute approximate surface area is 264 Å². The van der Waals surface area contributed by atoms with Gasteiger partial charge in [0.25, 0.3) is 0 Å². The first kappa shape index (κ1) is 35.1. The van der Waals surface area contributed by atoms with E-state index in [9.17, 15) is 9.90 Å². The SMILES string of the molecule is CC(C)NC(=O)CC[C@@H](C)C1CCC2C3C(CC[C@@]21C)[C@@]1(C)CC[C@H](NCCCNCCCNCCCN)CC1C[C@H]3O. The average Bonchev–Trinajstić information content (AvgIpc) is 3.32. The van der Waals surface area contributed by atoms with Crippen LogP contribution in [0.4, 0.5) is 0 Å². The van der Waals surface area contributed by atoms with Crippen LogP contribution in [0.3, 0.4) is 0 Å². The van der Waals surface area contributed by atoms with E-state index in [1.54, 1.807) is 0 Å². The number of rotatable bonds is 17. The molecule has 4 fully saturated rings. The Morgan fingerprint density at radius 1 is 0.860 bits per heavy atom. The van der Waals surface area contributed by atoms with E-state index in [0.29, 0.717) is 58.8 Å². The Kier molecular flexibility index (Phi) is 13.2. The van der Waals surface area contributed by atoms with E-state index in [2.05, 4.69) is 42.0 Å². The van der Waals surface area contributed by atoms with Crippen LogP contribution in [0.2, 0.25) is 0 Å². The lowest BCUT2D eigenvalue weighted by Crippen LogP contribution is -2.59. The molecule has 10 atom stereocenters. The van der Waals surface area contributed by atoms with Crippen molar-refractivity contribution in [3.63, 3.8) is 0 Å². The molecular weight excluding hydrogens is 534 g/mol. The number of nitrogens with two attached hydrogens (primary N) is 1. The number of aliphatic hydroxyl groups is 1. The summed E-state index contributed by atoms with van der Waals surface area (Å²) in [6.45, 7) is 17.8. The van der Waals surface area contributed by atoms with Gasteiger partial charge in [0, 0.05) is 18.5 Å². The Bertz CT molecular complexity index is 855. The molecule has 7 nitrogen and oxygen atoms in total. The summed E-state index contributed by atoms with van der Waals surface area (Å²) in [6, 6.07) is 0.819. The molecule has 0 saturated heterocycles. The lowest BCUT2D eigenvalue weighted by atomic mass is 9.43. The van der Waals surface area contributed by atoms with E-state index in [-0.39, 0.29) is 18.1 Å². The fourth-order valence-electron chi connectivity index (χ4n) is 10.7. The van der Waals surface area contributed by atoms with Crippen LogP contribution in [0.25, 0.3) is 0 Å². The molecule has 7 heteroatoms. The first-order chi connectivity index (χ1) is 20.6. The summed E-state index contributed by atoms with van der Waals surface area (Å²) in [7, 11) is 0. The smallest absolute Gasteiger partial charge is 0.220 e. The predicted molar refractivity (Wildman–Crippen MR) is 179 cm³/mol. The third kappa shape index (κ3) is 8.55. The number of aliphatic hydroxyl groups excluding tert-OH is 1. The lowest BCUT2D eigenvalue weighted by molar-refractivity contribution is -0.167. The van der Waals surface area contributed by atoms with Crippen molar-refractivity contribution in [2.75, 3.05) is 39.3 Å². The summed E-state index contributed by atoms with van der Waals surface area (Å²) in [6.07, 6.45) is 14.8. The van der Waals surface area contributed by atoms with Gasteiger partial charge < -0.3 is 32.1 Å². The van der Waals surface area contributed by atoms with E-state index in [1.807, 2.05) is 13.8 Å². The highest BCUT2D eigenvalue weighted by molar-refractivity contribution is 5.76. The highest BCUT2D eigenvalue weighted by atomic mass is 16.3. The summed E-state index contributed by atoms with van der Waals surface area (Å²) in [4.78, 5) is 12.4. The average molecular weight is 604 g/mol. The van der Waals surface area contributed by atoms with Gasteiger partial charge in [0.15, 0.2) is 0 Å². The molecule has 250 valence electrons. The molecule has 0 aliphatic heterocycles. The molecule has 0 aromatic carbocycles. The highest BCUT2D eigenvalue weighted by Gasteiger charge is 2.62. The van der Waals surface area contributed by atoms with Crippen LogP contribution in [0, 0.1) is 46.3 Å². The van der Waals surface area contributed by atoms with Crippen molar-refractivity contribution in [1.29, 1.82) is 0 Å². The molecule has 0 aromatic rings. The molecule has 0 radical (unpaired) electrons. The molecule has 4 rings (SSSR count).